The molecule has 3 fully saturated rings. The Morgan fingerprint density at radius 1 is 0.974 bits per heavy atom. The molecular weight excluding hydrogens is 500 g/mol. The Morgan fingerprint density at radius 3 is 2.36 bits per heavy atom. The lowest BCUT2D eigenvalue weighted by molar-refractivity contribution is -0.192. The molecule has 0 aromatic carbocycles. The molecule has 2 aliphatic heterocycles. The van der Waals surface area contributed by atoms with E-state index in [0.717, 1.165) is 70.8 Å². The summed E-state index contributed by atoms with van der Waals surface area (Å²) in [6.45, 7) is 3.59. The molecule has 0 aromatic rings. The van der Waals surface area contributed by atoms with Gasteiger partial charge in [-0.3, -0.25) is 14.4 Å². The standard InChI is InChI=1S/C31H50O8/c1-3-4-5-13-24(38-30-15-8-10-19-36-30)17-18-25-26(21-23(32)12-6-7-14-29(34)35-2)27(33)22-28(25)39-31-16-9-11-20-37-31/h17-18,24-26,28,30-31H,3-16,19-22H2,1-2H3/t24-,25+,26+,28+,30?,31?/m0/s1. The monoisotopic (exact) mass is 550 g/mol. The molecule has 1 aliphatic carbocycles. The van der Waals surface area contributed by atoms with Crippen LogP contribution in [0.3, 0.4) is 0 Å². The summed E-state index contributed by atoms with van der Waals surface area (Å²) in [4.78, 5) is 37.4. The Balaban J connectivity index is 1.67. The summed E-state index contributed by atoms with van der Waals surface area (Å²) in [7, 11) is 1.37. The van der Waals surface area contributed by atoms with E-state index in [-0.39, 0.29) is 54.7 Å². The van der Waals surface area contributed by atoms with E-state index in [1.807, 2.05) is 0 Å². The molecule has 0 spiro atoms. The average molecular weight is 551 g/mol. The first-order valence-corrected chi connectivity index (χ1v) is 15.3. The SMILES string of the molecule is CCCCC[C@@H](C=C[C@H]1[C@H](OC2CCCCO2)CC(=O)[C@@H]1CC(=O)CCCCC(=O)OC)OC1CCCCO1. The smallest absolute Gasteiger partial charge is 0.305 e. The maximum atomic E-state index is 13.2. The summed E-state index contributed by atoms with van der Waals surface area (Å²) in [6, 6.07) is 0. The topological polar surface area (TPSA) is 97.4 Å². The van der Waals surface area contributed by atoms with Crippen molar-refractivity contribution in [2.75, 3.05) is 20.3 Å². The fraction of sp³-hybridized carbons (Fsp3) is 0.839. The van der Waals surface area contributed by atoms with E-state index in [1.54, 1.807) is 0 Å². The van der Waals surface area contributed by atoms with Crippen LogP contribution in [0.4, 0.5) is 0 Å². The molecule has 2 heterocycles. The first kappa shape index (κ1) is 31.9. The molecule has 3 rings (SSSR count). The minimum atomic E-state index is -0.412. The third-order valence-corrected chi connectivity index (χ3v) is 8.04. The van der Waals surface area contributed by atoms with Gasteiger partial charge in [-0.1, -0.05) is 38.3 Å². The van der Waals surface area contributed by atoms with E-state index in [0.29, 0.717) is 38.7 Å². The van der Waals surface area contributed by atoms with Crippen molar-refractivity contribution in [1.82, 2.24) is 0 Å². The minimum Gasteiger partial charge on any atom is -0.469 e. The number of carbonyl (C=O) groups is 3. The fourth-order valence-electron chi connectivity index (χ4n) is 5.73. The van der Waals surface area contributed by atoms with E-state index in [2.05, 4.69) is 23.8 Å². The minimum absolute atomic E-state index is 0.0533. The predicted molar refractivity (Wildman–Crippen MR) is 147 cm³/mol. The van der Waals surface area contributed by atoms with Gasteiger partial charge in [0.1, 0.15) is 11.6 Å². The van der Waals surface area contributed by atoms with Crippen LogP contribution >= 0.6 is 0 Å². The van der Waals surface area contributed by atoms with Crippen molar-refractivity contribution in [3.63, 3.8) is 0 Å². The number of unbranched alkanes of at least 4 members (excludes halogenated alkanes) is 3. The number of methoxy groups -OCH3 is 1. The quantitative estimate of drug-likeness (QED) is 0.126. The highest BCUT2D eigenvalue weighted by Gasteiger charge is 2.43. The summed E-state index contributed by atoms with van der Waals surface area (Å²) in [6.07, 6.45) is 15.8. The predicted octanol–water partition coefficient (Wildman–Crippen LogP) is 5.84. The van der Waals surface area contributed by atoms with Gasteiger partial charge in [-0.15, -0.1) is 0 Å². The molecule has 39 heavy (non-hydrogen) atoms. The number of carbonyl (C=O) groups excluding carboxylic acids is 3. The molecule has 0 N–H and O–H groups in total. The van der Waals surface area contributed by atoms with Crippen molar-refractivity contribution < 1.29 is 38.1 Å². The Bertz CT molecular complexity index is 769. The molecule has 2 saturated heterocycles. The Labute approximate surface area is 234 Å². The summed E-state index contributed by atoms with van der Waals surface area (Å²) in [5.41, 5.74) is 0. The van der Waals surface area contributed by atoms with Crippen molar-refractivity contribution >= 4 is 17.5 Å². The van der Waals surface area contributed by atoms with Crippen LogP contribution < -0.4 is 0 Å². The molecule has 0 bridgehead atoms. The van der Waals surface area contributed by atoms with E-state index >= 15 is 0 Å². The lowest BCUT2D eigenvalue weighted by Gasteiger charge is -2.29. The fourth-order valence-corrected chi connectivity index (χ4v) is 5.73. The van der Waals surface area contributed by atoms with Crippen LogP contribution in [0.25, 0.3) is 0 Å². The second kappa shape index (κ2) is 17.9. The van der Waals surface area contributed by atoms with Gasteiger partial charge in [0.05, 0.1) is 19.3 Å². The maximum absolute atomic E-state index is 13.2. The van der Waals surface area contributed by atoms with Crippen LogP contribution in [0.5, 0.6) is 0 Å². The zero-order valence-electron chi connectivity index (χ0n) is 24.1. The third kappa shape index (κ3) is 11.4. The lowest BCUT2D eigenvalue weighted by atomic mass is 9.87. The van der Waals surface area contributed by atoms with Gasteiger partial charge in [-0.2, -0.15) is 0 Å². The van der Waals surface area contributed by atoms with Gasteiger partial charge < -0.3 is 23.7 Å². The average Bonchev–Trinajstić information content (AvgIpc) is 3.23. The summed E-state index contributed by atoms with van der Waals surface area (Å²) >= 11 is 0. The van der Waals surface area contributed by atoms with E-state index in [1.165, 1.54) is 7.11 Å². The molecule has 0 aromatic heterocycles. The molecule has 3 aliphatic rings. The van der Waals surface area contributed by atoms with Crippen LogP contribution in [0.15, 0.2) is 12.2 Å². The second-order valence-electron chi connectivity index (χ2n) is 11.2. The van der Waals surface area contributed by atoms with Crippen molar-refractivity contribution in [2.45, 2.75) is 134 Å². The number of rotatable bonds is 17. The second-order valence-corrected chi connectivity index (χ2v) is 11.2. The van der Waals surface area contributed by atoms with Crippen LogP contribution in [-0.4, -0.2) is 62.6 Å². The van der Waals surface area contributed by atoms with Crippen molar-refractivity contribution in [3.05, 3.63) is 12.2 Å². The number of ether oxygens (including phenoxy) is 5. The Hall–Kier alpha value is -1.61. The maximum Gasteiger partial charge on any atom is 0.305 e. The molecule has 8 nitrogen and oxygen atoms in total. The van der Waals surface area contributed by atoms with Crippen LogP contribution in [0.2, 0.25) is 0 Å². The number of hydrogen-bond donors (Lipinski definition) is 0. The van der Waals surface area contributed by atoms with Gasteiger partial charge >= 0.3 is 5.97 Å². The normalized spacial score (nSPS) is 28.6. The van der Waals surface area contributed by atoms with Crippen LogP contribution in [0.1, 0.15) is 110 Å². The molecule has 1 saturated carbocycles. The van der Waals surface area contributed by atoms with Gasteiger partial charge in [0, 0.05) is 50.7 Å². The zero-order valence-corrected chi connectivity index (χ0v) is 24.1. The van der Waals surface area contributed by atoms with Crippen molar-refractivity contribution in [3.8, 4) is 0 Å². The summed E-state index contributed by atoms with van der Waals surface area (Å²) < 4.78 is 29.0. The number of Topliss-reactive ketones (excluding diaryl/α,β-unsaturated/α-hetero) is 2. The van der Waals surface area contributed by atoms with Gasteiger partial charge in [0.2, 0.25) is 0 Å². The third-order valence-electron chi connectivity index (χ3n) is 8.04. The van der Waals surface area contributed by atoms with Crippen LogP contribution in [0, 0.1) is 11.8 Å². The molecule has 8 heteroatoms. The summed E-state index contributed by atoms with van der Waals surface area (Å²) in [5.74, 6) is -0.750. The molecule has 6 atom stereocenters. The number of ketones is 2. The van der Waals surface area contributed by atoms with Crippen molar-refractivity contribution in [1.29, 1.82) is 0 Å². The number of hydrogen-bond acceptors (Lipinski definition) is 8. The van der Waals surface area contributed by atoms with Crippen molar-refractivity contribution in [2.24, 2.45) is 11.8 Å². The zero-order chi connectivity index (χ0) is 27.9. The highest BCUT2D eigenvalue weighted by Crippen LogP contribution is 2.37. The first-order chi connectivity index (χ1) is 19.0. The van der Waals surface area contributed by atoms with Gasteiger partial charge in [0.15, 0.2) is 12.6 Å². The van der Waals surface area contributed by atoms with Gasteiger partial charge in [0.25, 0.3) is 0 Å². The highest BCUT2D eigenvalue weighted by atomic mass is 16.7. The molecular formula is C31H50O8. The van der Waals surface area contributed by atoms with E-state index < -0.39 is 5.92 Å². The molecule has 222 valence electrons. The molecule has 2 unspecified atom stereocenters. The number of esters is 1. The largest absolute Gasteiger partial charge is 0.469 e. The Kier molecular flexibility index (Phi) is 14.7. The van der Waals surface area contributed by atoms with Crippen LogP contribution in [-0.2, 0) is 38.1 Å². The highest BCUT2D eigenvalue weighted by molar-refractivity contribution is 5.90. The molecule has 0 radical (unpaired) electrons. The molecule has 0 amide bonds. The van der Waals surface area contributed by atoms with E-state index in [4.69, 9.17) is 18.9 Å². The van der Waals surface area contributed by atoms with Gasteiger partial charge in [-0.05, 0) is 57.8 Å². The summed E-state index contributed by atoms with van der Waals surface area (Å²) in [5, 5.41) is 0. The van der Waals surface area contributed by atoms with E-state index in [9.17, 15) is 14.4 Å². The Morgan fingerprint density at radius 2 is 1.69 bits per heavy atom. The first-order valence-electron chi connectivity index (χ1n) is 15.3. The van der Waals surface area contributed by atoms with Gasteiger partial charge in [-0.25, -0.2) is 0 Å². The lowest BCUT2D eigenvalue weighted by Crippen LogP contribution is -2.31.